The van der Waals surface area contributed by atoms with E-state index in [9.17, 15) is 4.79 Å². The first-order valence-corrected chi connectivity index (χ1v) is 11.7. The normalized spacial score (nSPS) is 11.7. The lowest BCUT2D eigenvalue weighted by atomic mass is 10.1. The highest BCUT2D eigenvalue weighted by atomic mass is 32.1. The van der Waals surface area contributed by atoms with E-state index in [1.54, 1.807) is 7.11 Å². The van der Waals surface area contributed by atoms with Crippen LogP contribution in [0.15, 0.2) is 83.7 Å². The zero-order valence-corrected chi connectivity index (χ0v) is 20.5. The molecule has 1 heterocycles. The summed E-state index contributed by atoms with van der Waals surface area (Å²) < 4.78 is 5.29. The Hall–Kier alpha value is -3.64. The summed E-state index contributed by atoms with van der Waals surface area (Å²) in [6.45, 7) is 5.03. The molecule has 0 aliphatic rings. The Morgan fingerprint density at radius 1 is 1.03 bits per heavy atom. The van der Waals surface area contributed by atoms with E-state index < -0.39 is 0 Å². The molecule has 34 heavy (non-hydrogen) atoms. The lowest BCUT2D eigenvalue weighted by Crippen LogP contribution is -2.41. The fraction of sp³-hybridized carbons (Fsp3) is 0.214. The van der Waals surface area contributed by atoms with E-state index in [2.05, 4.69) is 29.4 Å². The van der Waals surface area contributed by atoms with Crippen LogP contribution in [0.1, 0.15) is 35.2 Å². The fourth-order valence-electron chi connectivity index (χ4n) is 4.00. The van der Waals surface area contributed by atoms with Gasteiger partial charge in [0.15, 0.2) is 5.11 Å². The van der Waals surface area contributed by atoms with Crippen molar-refractivity contribution in [2.75, 3.05) is 7.11 Å². The van der Waals surface area contributed by atoms with Crippen LogP contribution < -0.4 is 15.6 Å². The molecule has 0 bridgehead atoms. The van der Waals surface area contributed by atoms with Crippen LogP contribution in [-0.4, -0.2) is 22.1 Å². The Kier molecular flexibility index (Phi) is 7.28. The molecule has 5 nitrogen and oxygen atoms in total. The SMILES string of the molecule is COc1ccc(CN(Cc2cc3cccc(C)c3[nH]c2=O)C(=S)N[C@H](C)c2ccccc2)cc1. The molecule has 0 amide bonds. The minimum Gasteiger partial charge on any atom is -0.497 e. The topological polar surface area (TPSA) is 57.4 Å². The molecule has 0 unspecified atom stereocenters. The number of nitrogens with zero attached hydrogens (tertiary/aromatic N) is 1. The number of aryl methyl sites for hydroxylation is 1. The lowest BCUT2D eigenvalue weighted by Gasteiger charge is -2.28. The van der Waals surface area contributed by atoms with E-state index >= 15 is 0 Å². The molecule has 0 spiro atoms. The highest BCUT2D eigenvalue weighted by Gasteiger charge is 2.17. The van der Waals surface area contributed by atoms with Crippen molar-refractivity contribution in [1.29, 1.82) is 0 Å². The summed E-state index contributed by atoms with van der Waals surface area (Å²) >= 11 is 5.84. The second-order valence-electron chi connectivity index (χ2n) is 8.45. The van der Waals surface area contributed by atoms with Crippen LogP contribution in [0, 0.1) is 6.92 Å². The van der Waals surface area contributed by atoms with E-state index in [-0.39, 0.29) is 11.6 Å². The van der Waals surface area contributed by atoms with Gasteiger partial charge in [-0.2, -0.15) is 0 Å². The molecular weight excluding hydrogens is 442 g/mol. The van der Waals surface area contributed by atoms with Gasteiger partial charge in [-0.15, -0.1) is 0 Å². The third kappa shape index (κ3) is 5.46. The number of aromatic nitrogens is 1. The Morgan fingerprint density at radius 3 is 2.47 bits per heavy atom. The Balaban J connectivity index is 1.62. The van der Waals surface area contributed by atoms with Crippen LogP contribution in [0.2, 0.25) is 0 Å². The maximum Gasteiger partial charge on any atom is 0.253 e. The number of nitrogens with one attached hydrogen (secondary N) is 2. The second-order valence-corrected chi connectivity index (χ2v) is 8.84. The smallest absolute Gasteiger partial charge is 0.253 e. The molecule has 4 aromatic rings. The minimum atomic E-state index is -0.0968. The number of hydrogen-bond acceptors (Lipinski definition) is 3. The van der Waals surface area contributed by atoms with Crippen molar-refractivity contribution >= 4 is 28.2 Å². The number of ether oxygens (including phenoxy) is 1. The number of fused-ring (bicyclic) bond motifs is 1. The van der Waals surface area contributed by atoms with Gasteiger partial charge in [-0.3, -0.25) is 4.79 Å². The number of rotatable bonds is 7. The second kappa shape index (κ2) is 10.5. The molecule has 0 aliphatic carbocycles. The van der Waals surface area contributed by atoms with Crippen molar-refractivity contribution in [3.8, 4) is 5.75 Å². The van der Waals surface area contributed by atoms with Gasteiger partial charge >= 0.3 is 0 Å². The zero-order chi connectivity index (χ0) is 24.1. The summed E-state index contributed by atoms with van der Waals surface area (Å²) in [5, 5.41) is 5.05. The molecule has 2 N–H and O–H groups in total. The predicted molar refractivity (Wildman–Crippen MR) is 142 cm³/mol. The Bertz CT molecular complexity index is 1330. The van der Waals surface area contributed by atoms with Gasteiger partial charge in [-0.05, 0) is 66.3 Å². The Labute approximate surface area is 205 Å². The monoisotopic (exact) mass is 471 g/mol. The summed E-state index contributed by atoms with van der Waals surface area (Å²) in [6.07, 6.45) is 0. The summed E-state index contributed by atoms with van der Waals surface area (Å²) in [4.78, 5) is 18.0. The van der Waals surface area contributed by atoms with Crippen molar-refractivity contribution < 1.29 is 4.74 Å². The van der Waals surface area contributed by atoms with Crippen molar-refractivity contribution in [2.24, 2.45) is 0 Å². The van der Waals surface area contributed by atoms with Crippen LogP contribution in [0.4, 0.5) is 0 Å². The highest BCUT2D eigenvalue weighted by Crippen LogP contribution is 2.19. The van der Waals surface area contributed by atoms with Gasteiger partial charge in [0.1, 0.15) is 5.75 Å². The van der Waals surface area contributed by atoms with Gasteiger partial charge < -0.3 is 19.9 Å². The lowest BCUT2D eigenvalue weighted by molar-refractivity contribution is 0.390. The molecule has 0 saturated carbocycles. The van der Waals surface area contributed by atoms with Crippen molar-refractivity contribution in [3.05, 3.63) is 111 Å². The van der Waals surface area contributed by atoms with E-state index in [1.807, 2.05) is 78.6 Å². The summed E-state index contributed by atoms with van der Waals surface area (Å²) in [6, 6.07) is 26.1. The predicted octanol–water partition coefficient (Wildman–Crippen LogP) is 5.48. The van der Waals surface area contributed by atoms with Gasteiger partial charge in [0.05, 0.1) is 25.2 Å². The number of aromatic amines is 1. The summed E-state index contributed by atoms with van der Waals surface area (Å²) in [7, 11) is 1.65. The third-order valence-electron chi connectivity index (χ3n) is 5.99. The molecule has 1 aromatic heterocycles. The van der Waals surface area contributed by atoms with E-state index in [0.29, 0.717) is 23.8 Å². The van der Waals surface area contributed by atoms with Gasteiger partial charge in [0.2, 0.25) is 0 Å². The molecule has 0 fully saturated rings. The average molecular weight is 472 g/mol. The molecule has 3 aromatic carbocycles. The van der Waals surface area contributed by atoms with Gasteiger partial charge in [-0.25, -0.2) is 0 Å². The third-order valence-corrected chi connectivity index (χ3v) is 6.36. The number of para-hydroxylation sites is 1. The standard InChI is InChI=1S/C28H29N3O2S/c1-19-8-7-11-23-16-24(27(32)30-26(19)23)18-31(17-21-12-14-25(33-3)15-13-21)28(34)29-20(2)22-9-5-4-6-10-22/h4-16,20H,17-18H2,1-3H3,(H,29,34)(H,30,32)/t20-/m1/s1. The van der Waals surface area contributed by atoms with Crippen LogP contribution in [0.25, 0.3) is 10.9 Å². The first-order chi connectivity index (χ1) is 16.4. The van der Waals surface area contributed by atoms with Gasteiger partial charge in [-0.1, -0.05) is 60.7 Å². The molecule has 1 atom stereocenters. The van der Waals surface area contributed by atoms with Crippen molar-refractivity contribution in [2.45, 2.75) is 33.0 Å². The van der Waals surface area contributed by atoms with E-state index in [4.69, 9.17) is 17.0 Å². The zero-order valence-electron chi connectivity index (χ0n) is 19.7. The van der Waals surface area contributed by atoms with Crippen LogP contribution in [0.5, 0.6) is 5.75 Å². The van der Waals surface area contributed by atoms with E-state index in [1.165, 1.54) is 0 Å². The molecule has 0 radical (unpaired) electrons. The van der Waals surface area contributed by atoms with Crippen LogP contribution in [-0.2, 0) is 13.1 Å². The summed E-state index contributed by atoms with van der Waals surface area (Å²) in [5.74, 6) is 0.801. The maximum atomic E-state index is 13.0. The van der Waals surface area contributed by atoms with Crippen molar-refractivity contribution in [1.82, 2.24) is 15.2 Å². The first kappa shape index (κ1) is 23.5. The quantitative estimate of drug-likeness (QED) is 0.350. The molecule has 6 heteroatoms. The van der Waals surface area contributed by atoms with Gasteiger partial charge in [0.25, 0.3) is 5.56 Å². The molecule has 0 aliphatic heterocycles. The fourth-order valence-corrected chi connectivity index (χ4v) is 4.31. The largest absolute Gasteiger partial charge is 0.497 e. The number of benzene rings is 3. The average Bonchev–Trinajstić information content (AvgIpc) is 2.85. The number of methoxy groups -OCH3 is 1. The molecule has 174 valence electrons. The summed E-state index contributed by atoms with van der Waals surface area (Å²) in [5.41, 5.74) is 4.71. The number of pyridine rings is 1. The van der Waals surface area contributed by atoms with Crippen molar-refractivity contribution in [3.63, 3.8) is 0 Å². The Morgan fingerprint density at radius 2 is 1.76 bits per heavy atom. The van der Waals surface area contributed by atoms with Crippen LogP contribution in [0.3, 0.4) is 0 Å². The molecule has 0 saturated heterocycles. The number of hydrogen-bond donors (Lipinski definition) is 2. The van der Waals surface area contributed by atoms with E-state index in [0.717, 1.165) is 33.3 Å². The van der Waals surface area contributed by atoms with Crippen LogP contribution >= 0.6 is 12.2 Å². The first-order valence-electron chi connectivity index (χ1n) is 11.3. The highest BCUT2D eigenvalue weighted by molar-refractivity contribution is 7.80. The minimum absolute atomic E-state index is 0.0320. The molecular formula is C28H29N3O2S. The molecule has 4 rings (SSSR count). The number of H-pyrrole nitrogens is 1. The maximum absolute atomic E-state index is 13.0. The van der Waals surface area contributed by atoms with Gasteiger partial charge in [0, 0.05) is 12.1 Å². The number of thiocarbonyl (C=S) groups is 1.